The Morgan fingerprint density at radius 3 is 1.84 bits per heavy atom. The summed E-state index contributed by atoms with van der Waals surface area (Å²) < 4.78 is 4.76. The molecular weight excluding hydrogens is 650 g/mol. The van der Waals surface area contributed by atoms with Gasteiger partial charge >= 0.3 is 12.2 Å². The van der Waals surface area contributed by atoms with Crippen LogP contribution >= 0.6 is 0 Å². The Bertz CT molecular complexity index is 1600. The number of aliphatic hydroxyl groups excluding tert-OH is 1. The number of benzene rings is 2. The molecule has 0 aliphatic carbocycles. The molecular formula is C39H53N5O7. The first-order valence-corrected chi connectivity index (χ1v) is 17.1. The molecule has 12 nitrogen and oxygen atoms in total. The van der Waals surface area contributed by atoms with Crippen molar-refractivity contribution in [1.82, 2.24) is 26.3 Å². The van der Waals surface area contributed by atoms with Gasteiger partial charge in [-0.3, -0.25) is 14.6 Å². The van der Waals surface area contributed by atoms with Crippen LogP contribution in [0.15, 0.2) is 72.9 Å². The quantitative estimate of drug-likeness (QED) is 0.136. The molecule has 0 saturated carbocycles. The molecule has 0 aliphatic heterocycles. The number of aliphatic hydroxyl groups is 1. The number of methoxy groups -OCH3 is 1. The lowest BCUT2D eigenvalue weighted by molar-refractivity contribution is -0.128. The highest BCUT2D eigenvalue weighted by Crippen LogP contribution is 2.24. The van der Waals surface area contributed by atoms with Gasteiger partial charge in [0.2, 0.25) is 11.8 Å². The Morgan fingerprint density at radius 2 is 1.31 bits per heavy atom. The maximum absolute atomic E-state index is 13.7. The number of hydrogen-bond donors (Lipinski definition) is 6. The van der Waals surface area contributed by atoms with E-state index >= 15 is 0 Å². The number of rotatable bonds is 14. The summed E-state index contributed by atoms with van der Waals surface area (Å²) in [7, 11) is 1.22. The third-order valence-electron chi connectivity index (χ3n) is 8.58. The first-order chi connectivity index (χ1) is 23.9. The summed E-state index contributed by atoms with van der Waals surface area (Å²) in [5.41, 5.74) is 3.01. The molecule has 3 aromatic rings. The van der Waals surface area contributed by atoms with E-state index in [1.807, 2.05) is 94.4 Å². The van der Waals surface area contributed by atoms with E-state index in [9.17, 15) is 29.4 Å². The first-order valence-electron chi connectivity index (χ1n) is 17.1. The molecule has 0 aliphatic rings. The number of carbonyl (C=O) groups excluding carboxylic acids is 3. The van der Waals surface area contributed by atoms with Crippen molar-refractivity contribution in [2.45, 2.75) is 98.0 Å². The molecule has 0 saturated heterocycles. The highest BCUT2D eigenvalue weighted by atomic mass is 16.5. The number of hydrogen-bond acceptors (Lipinski definition) is 7. The van der Waals surface area contributed by atoms with Crippen molar-refractivity contribution in [3.8, 4) is 11.3 Å². The van der Waals surface area contributed by atoms with E-state index in [2.05, 4.69) is 26.3 Å². The Kier molecular flexibility index (Phi) is 14.1. The second kappa shape index (κ2) is 17.8. The number of aryl methyl sites for hydroxylation is 1. The third-order valence-corrected chi connectivity index (χ3v) is 8.58. The van der Waals surface area contributed by atoms with Gasteiger partial charge < -0.3 is 36.2 Å². The van der Waals surface area contributed by atoms with Gasteiger partial charge in [0.05, 0.1) is 24.9 Å². The van der Waals surface area contributed by atoms with Crippen LogP contribution in [0.25, 0.3) is 11.3 Å². The largest absolute Gasteiger partial charge is 0.465 e. The Labute approximate surface area is 300 Å². The van der Waals surface area contributed by atoms with Crippen LogP contribution in [-0.4, -0.2) is 76.6 Å². The highest BCUT2D eigenvalue weighted by Gasteiger charge is 2.37. The molecule has 5 atom stereocenters. The average Bonchev–Trinajstić information content (AvgIpc) is 3.05. The zero-order chi connectivity index (χ0) is 37.9. The van der Waals surface area contributed by atoms with E-state index in [4.69, 9.17) is 4.74 Å². The summed E-state index contributed by atoms with van der Waals surface area (Å²) in [5, 5.41) is 32.3. The number of ether oxygens (including phenoxy) is 1. The monoisotopic (exact) mass is 703 g/mol. The van der Waals surface area contributed by atoms with Gasteiger partial charge in [-0.2, -0.15) is 0 Å². The predicted molar refractivity (Wildman–Crippen MR) is 196 cm³/mol. The molecule has 276 valence electrons. The van der Waals surface area contributed by atoms with Crippen LogP contribution in [0.1, 0.15) is 64.7 Å². The maximum Gasteiger partial charge on any atom is 0.407 e. The third kappa shape index (κ3) is 12.7. The van der Waals surface area contributed by atoms with Crippen molar-refractivity contribution in [3.05, 3.63) is 89.6 Å². The normalized spacial score (nSPS) is 14.6. The van der Waals surface area contributed by atoms with Crippen molar-refractivity contribution in [1.29, 1.82) is 0 Å². The fraction of sp³-hybridized carbons (Fsp3) is 0.462. The Hall–Kier alpha value is -4.97. The number of carboxylic acid groups (broad SMARTS) is 1. The van der Waals surface area contributed by atoms with E-state index < -0.39 is 65.1 Å². The summed E-state index contributed by atoms with van der Waals surface area (Å²) in [6, 6.07) is 17.4. The lowest BCUT2D eigenvalue weighted by Crippen LogP contribution is -2.58. The van der Waals surface area contributed by atoms with Crippen LogP contribution in [0.3, 0.4) is 0 Å². The van der Waals surface area contributed by atoms with Gasteiger partial charge in [0.15, 0.2) is 0 Å². The number of aromatic nitrogens is 1. The highest BCUT2D eigenvalue weighted by molar-refractivity contribution is 5.87. The van der Waals surface area contributed by atoms with Crippen molar-refractivity contribution in [2.75, 3.05) is 7.11 Å². The second-order valence-corrected chi connectivity index (χ2v) is 15.1. The molecule has 0 radical (unpaired) electrons. The van der Waals surface area contributed by atoms with Crippen LogP contribution in [0.2, 0.25) is 0 Å². The molecule has 12 heteroatoms. The Morgan fingerprint density at radius 1 is 0.745 bits per heavy atom. The van der Waals surface area contributed by atoms with Crippen molar-refractivity contribution in [3.63, 3.8) is 0 Å². The van der Waals surface area contributed by atoms with Crippen LogP contribution in [0.4, 0.5) is 9.59 Å². The van der Waals surface area contributed by atoms with Crippen LogP contribution in [0, 0.1) is 17.8 Å². The Balaban J connectivity index is 1.95. The molecule has 3 rings (SSSR count). The zero-order valence-electron chi connectivity index (χ0n) is 30.8. The SMILES string of the molecule is COC(=O)N[C@H](C(=O)N[C@@H](Cc1ccccc1)C[C@H](O)[C@H](Cc1ccc(-c2ccc(C)cn2)cc1)NC(=O)[C@@H](NC(=O)O)C(C)(C)C)C(C)(C)C. The molecule has 4 amide bonds. The van der Waals surface area contributed by atoms with Crippen molar-refractivity contribution in [2.24, 2.45) is 10.8 Å². The van der Waals surface area contributed by atoms with E-state index in [-0.39, 0.29) is 12.8 Å². The fourth-order valence-electron chi connectivity index (χ4n) is 5.74. The molecule has 0 fully saturated rings. The van der Waals surface area contributed by atoms with Crippen LogP contribution in [0.5, 0.6) is 0 Å². The van der Waals surface area contributed by atoms with E-state index in [0.717, 1.165) is 27.9 Å². The summed E-state index contributed by atoms with van der Waals surface area (Å²) >= 11 is 0. The molecule has 0 spiro atoms. The molecule has 1 heterocycles. The van der Waals surface area contributed by atoms with E-state index in [1.54, 1.807) is 27.0 Å². The van der Waals surface area contributed by atoms with Crippen LogP contribution < -0.4 is 21.3 Å². The van der Waals surface area contributed by atoms with E-state index in [1.165, 1.54) is 7.11 Å². The van der Waals surface area contributed by atoms with Crippen LogP contribution in [-0.2, 0) is 27.2 Å². The molecule has 0 unspecified atom stereocenters. The summed E-state index contributed by atoms with van der Waals surface area (Å²) in [6.07, 6.45) is -0.905. The minimum absolute atomic E-state index is 0.0264. The number of alkyl carbamates (subject to hydrolysis) is 1. The molecule has 51 heavy (non-hydrogen) atoms. The molecule has 2 aromatic carbocycles. The minimum atomic E-state index is -1.35. The number of amides is 4. The lowest BCUT2D eigenvalue weighted by Gasteiger charge is -2.34. The first kappa shape index (κ1) is 40.5. The zero-order valence-corrected chi connectivity index (χ0v) is 30.8. The average molecular weight is 704 g/mol. The predicted octanol–water partition coefficient (Wildman–Crippen LogP) is 5.02. The maximum atomic E-state index is 13.7. The lowest BCUT2D eigenvalue weighted by atomic mass is 9.85. The number of pyridine rings is 1. The number of carbonyl (C=O) groups is 4. The van der Waals surface area contributed by atoms with Crippen molar-refractivity contribution < 1.29 is 34.1 Å². The molecule has 0 bridgehead atoms. The standard InChI is InChI=1S/C39H53N5O7/c1-24-14-19-29(40-23-24)27-17-15-26(16-18-27)21-30(42-35(47)32(38(2,3)4)43-36(48)49)31(45)22-28(20-25-12-10-9-11-13-25)41-34(46)33(39(5,6)7)44-37(50)51-8/h9-19,23,28,30-33,43,45H,20-22H2,1-8H3,(H,41,46)(H,42,47)(H,44,50)(H,48,49)/t28-,30-,31-,32+,33+/m0/s1. The van der Waals surface area contributed by atoms with Gasteiger partial charge in [-0.1, -0.05) is 102 Å². The van der Waals surface area contributed by atoms with Gasteiger partial charge in [-0.15, -0.1) is 0 Å². The smallest absolute Gasteiger partial charge is 0.407 e. The van der Waals surface area contributed by atoms with E-state index in [0.29, 0.717) is 6.42 Å². The van der Waals surface area contributed by atoms with Gasteiger partial charge in [0, 0.05) is 17.8 Å². The molecule has 1 aromatic heterocycles. The second-order valence-electron chi connectivity index (χ2n) is 15.1. The number of nitrogens with zero attached hydrogens (tertiary/aromatic N) is 1. The van der Waals surface area contributed by atoms with Gasteiger partial charge in [-0.25, -0.2) is 9.59 Å². The topological polar surface area (TPSA) is 179 Å². The molecule has 6 N–H and O–H groups in total. The minimum Gasteiger partial charge on any atom is -0.465 e. The van der Waals surface area contributed by atoms with Crippen molar-refractivity contribution >= 4 is 24.0 Å². The van der Waals surface area contributed by atoms with Gasteiger partial charge in [0.1, 0.15) is 12.1 Å². The summed E-state index contributed by atoms with van der Waals surface area (Å²) in [4.78, 5) is 55.7. The fourth-order valence-corrected chi connectivity index (χ4v) is 5.74. The summed E-state index contributed by atoms with van der Waals surface area (Å²) in [6.45, 7) is 12.7. The number of nitrogens with one attached hydrogen (secondary N) is 4. The van der Waals surface area contributed by atoms with Gasteiger partial charge in [-0.05, 0) is 59.8 Å². The van der Waals surface area contributed by atoms with Gasteiger partial charge in [0.25, 0.3) is 0 Å². The summed E-state index contributed by atoms with van der Waals surface area (Å²) in [5.74, 6) is -1.05.